The fourth-order valence-corrected chi connectivity index (χ4v) is 5.86. The van der Waals surface area contributed by atoms with Crippen LogP contribution in [0.3, 0.4) is 0 Å². The van der Waals surface area contributed by atoms with Gasteiger partial charge in [-0.3, -0.25) is 14.3 Å². The van der Waals surface area contributed by atoms with Gasteiger partial charge in [0, 0.05) is 44.6 Å². The Morgan fingerprint density at radius 3 is 2.52 bits per heavy atom. The van der Waals surface area contributed by atoms with Crippen molar-refractivity contribution in [2.24, 2.45) is 7.05 Å². The molecule has 2 aliphatic rings. The number of anilines is 1. The third-order valence-electron chi connectivity index (χ3n) is 6.35. The van der Waals surface area contributed by atoms with Crippen molar-refractivity contribution in [2.45, 2.75) is 39.2 Å². The third-order valence-corrected chi connectivity index (χ3v) is 7.54. The zero-order chi connectivity index (χ0) is 20.0. The zero-order valence-corrected chi connectivity index (χ0v) is 18.1. The molecule has 0 bridgehead atoms. The predicted octanol–water partition coefficient (Wildman–Crippen LogP) is 3.50. The molecule has 0 unspecified atom stereocenters. The van der Waals surface area contributed by atoms with Gasteiger partial charge in [0.2, 0.25) is 5.95 Å². The SMILES string of the molecule is Cc1ccc(CN2CCN(c3nc4sc5c(c4c(=O)n3C)CCCC5)CC2)cc1. The first-order valence-corrected chi connectivity index (χ1v) is 11.5. The largest absolute Gasteiger partial charge is 0.340 e. The fourth-order valence-electron chi connectivity index (χ4n) is 4.62. The summed E-state index contributed by atoms with van der Waals surface area (Å²) in [5.74, 6) is 0.830. The Balaban J connectivity index is 1.36. The van der Waals surface area contributed by atoms with Crippen molar-refractivity contribution >= 4 is 27.5 Å². The van der Waals surface area contributed by atoms with E-state index in [1.54, 1.807) is 15.9 Å². The number of fused-ring (bicyclic) bond motifs is 3. The van der Waals surface area contributed by atoms with Crippen LogP contribution < -0.4 is 10.5 Å². The van der Waals surface area contributed by atoms with Gasteiger partial charge in [-0.05, 0) is 43.7 Å². The Kier molecular flexibility index (Phi) is 4.92. The third kappa shape index (κ3) is 3.49. The van der Waals surface area contributed by atoms with E-state index in [0.29, 0.717) is 0 Å². The molecule has 5 rings (SSSR count). The fraction of sp³-hybridized carbons (Fsp3) is 0.478. The molecule has 0 spiro atoms. The normalized spacial score (nSPS) is 17.7. The Labute approximate surface area is 175 Å². The highest BCUT2D eigenvalue weighted by Crippen LogP contribution is 2.34. The van der Waals surface area contributed by atoms with E-state index in [-0.39, 0.29) is 5.56 Å². The molecule has 3 aromatic rings. The molecule has 6 heteroatoms. The van der Waals surface area contributed by atoms with Crippen molar-refractivity contribution in [2.75, 3.05) is 31.1 Å². The summed E-state index contributed by atoms with van der Waals surface area (Å²) in [7, 11) is 1.88. The molecular formula is C23H28N4OS. The number of aromatic nitrogens is 2. The Hall–Kier alpha value is -2.18. The lowest BCUT2D eigenvalue weighted by atomic mass is 9.97. The average Bonchev–Trinajstić information content (AvgIpc) is 3.12. The van der Waals surface area contributed by atoms with Crippen molar-refractivity contribution < 1.29 is 0 Å². The summed E-state index contributed by atoms with van der Waals surface area (Å²) in [5.41, 5.74) is 4.07. The van der Waals surface area contributed by atoms with Crippen LogP contribution in [-0.4, -0.2) is 40.6 Å². The number of rotatable bonds is 3. The van der Waals surface area contributed by atoms with Crippen LogP contribution in [0.15, 0.2) is 29.1 Å². The molecule has 1 aliphatic heterocycles. The molecule has 152 valence electrons. The molecule has 0 radical (unpaired) electrons. The standard InChI is InChI=1S/C23H28N4OS/c1-16-7-9-17(10-8-16)15-26-11-13-27(14-12-26)23-24-21-20(22(28)25(23)2)18-5-3-4-6-19(18)29-21/h7-10H,3-6,11-15H2,1-2H3. The van der Waals surface area contributed by atoms with Crippen LogP contribution in [0.25, 0.3) is 10.2 Å². The number of hydrogen-bond acceptors (Lipinski definition) is 5. The topological polar surface area (TPSA) is 41.4 Å². The van der Waals surface area contributed by atoms with Crippen LogP contribution in [0.4, 0.5) is 5.95 Å². The highest BCUT2D eigenvalue weighted by Gasteiger charge is 2.25. The maximum absolute atomic E-state index is 13.2. The van der Waals surface area contributed by atoms with Gasteiger partial charge in [-0.2, -0.15) is 0 Å². The van der Waals surface area contributed by atoms with E-state index in [1.807, 2.05) is 7.05 Å². The molecular weight excluding hydrogens is 380 g/mol. The first kappa shape index (κ1) is 18.8. The van der Waals surface area contributed by atoms with Crippen LogP contribution in [0.2, 0.25) is 0 Å². The molecule has 1 aliphatic carbocycles. The van der Waals surface area contributed by atoms with Gasteiger partial charge >= 0.3 is 0 Å². The molecule has 2 aromatic heterocycles. The number of piperazine rings is 1. The minimum absolute atomic E-state index is 0.131. The van der Waals surface area contributed by atoms with Crippen LogP contribution in [0.5, 0.6) is 0 Å². The Morgan fingerprint density at radius 1 is 1.03 bits per heavy atom. The second-order valence-corrected chi connectivity index (χ2v) is 9.50. The lowest BCUT2D eigenvalue weighted by Gasteiger charge is -2.35. The summed E-state index contributed by atoms with van der Waals surface area (Å²) >= 11 is 1.74. The first-order valence-electron chi connectivity index (χ1n) is 10.6. The van der Waals surface area contributed by atoms with Gasteiger partial charge in [0.25, 0.3) is 5.56 Å². The van der Waals surface area contributed by atoms with Gasteiger partial charge in [-0.15, -0.1) is 11.3 Å². The van der Waals surface area contributed by atoms with Crippen LogP contribution in [0, 0.1) is 6.92 Å². The molecule has 0 atom stereocenters. The molecule has 3 heterocycles. The lowest BCUT2D eigenvalue weighted by Crippen LogP contribution is -2.47. The number of benzene rings is 1. The van der Waals surface area contributed by atoms with E-state index in [2.05, 4.69) is 41.0 Å². The van der Waals surface area contributed by atoms with Crippen molar-refractivity contribution in [1.29, 1.82) is 0 Å². The average molecular weight is 409 g/mol. The smallest absolute Gasteiger partial charge is 0.263 e. The zero-order valence-electron chi connectivity index (χ0n) is 17.3. The molecule has 0 amide bonds. The minimum atomic E-state index is 0.131. The Morgan fingerprint density at radius 2 is 1.76 bits per heavy atom. The van der Waals surface area contributed by atoms with Crippen LogP contribution in [-0.2, 0) is 26.4 Å². The monoisotopic (exact) mass is 408 g/mol. The molecule has 1 fully saturated rings. The van der Waals surface area contributed by atoms with Crippen LogP contribution in [0.1, 0.15) is 34.4 Å². The summed E-state index contributed by atoms with van der Waals surface area (Å²) in [4.78, 5) is 25.2. The van der Waals surface area contributed by atoms with Crippen molar-refractivity contribution in [3.8, 4) is 0 Å². The number of thiophene rings is 1. The van der Waals surface area contributed by atoms with E-state index in [0.717, 1.165) is 61.7 Å². The van der Waals surface area contributed by atoms with Gasteiger partial charge < -0.3 is 4.90 Å². The molecule has 1 saturated heterocycles. The van der Waals surface area contributed by atoms with Gasteiger partial charge in [0.1, 0.15) is 4.83 Å². The molecule has 5 nitrogen and oxygen atoms in total. The molecule has 0 saturated carbocycles. The predicted molar refractivity (Wildman–Crippen MR) is 120 cm³/mol. The maximum Gasteiger partial charge on any atom is 0.263 e. The molecule has 0 N–H and O–H groups in total. The quantitative estimate of drug-likeness (QED) is 0.665. The summed E-state index contributed by atoms with van der Waals surface area (Å²) in [6, 6.07) is 8.81. The van der Waals surface area contributed by atoms with E-state index in [9.17, 15) is 4.79 Å². The summed E-state index contributed by atoms with van der Waals surface area (Å²) in [6.45, 7) is 6.90. The van der Waals surface area contributed by atoms with Gasteiger partial charge in [0.15, 0.2) is 0 Å². The van der Waals surface area contributed by atoms with Crippen molar-refractivity contribution in [3.63, 3.8) is 0 Å². The van der Waals surface area contributed by atoms with Crippen molar-refractivity contribution in [3.05, 3.63) is 56.2 Å². The second kappa shape index (κ2) is 7.58. The van der Waals surface area contributed by atoms with Gasteiger partial charge in [-0.1, -0.05) is 29.8 Å². The van der Waals surface area contributed by atoms with Crippen molar-refractivity contribution in [1.82, 2.24) is 14.5 Å². The molecule has 29 heavy (non-hydrogen) atoms. The van der Waals surface area contributed by atoms with Crippen LogP contribution >= 0.6 is 11.3 Å². The lowest BCUT2D eigenvalue weighted by molar-refractivity contribution is 0.248. The highest BCUT2D eigenvalue weighted by atomic mass is 32.1. The summed E-state index contributed by atoms with van der Waals surface area (Å²) in [5, 5.41) is 0.883. The maximum atomic E-state index is 13.2. The Bertz CT molecular complexity index is 1090. The second-order valence-electron chi connectivity index (χ2n) is 8.42. The number of nitrogens with zero attached hydrogens (tertiary/aromatic N) is 4. The number of hydrogen-bond donors (Lipinski definition) is 0. The van der Waals surface area contributed by atoms with E-state index in [1.165, 1.54) is 34.4 Å². The highest BCUT2D eigenvalue weighted by molar-refractivity contribution is 7.18. The van der Waals surface area contributed by atoms with Gasteiger partial charge in [0.05, 0.1) is 5.39 Å². The minimum Gasteiger partial charge on any atom is -0.340 e. The molecule has 1 aromatic carbocycles. The van der Waals surface area contributed by atoms with Gasteiger partial charge in [-0.25, -0.2) is 4.98 Å². The summed E-state index contributed by atoms with van der Waals surface area (Å²) in [6.07, 6.45) is 4.55. The number of aryl methyl sites for hydroxylation is 3. The summed E-state index contributed by atoms with van der Waals surface area (Å²) < 4.78 is 1.78. The first-order chi connectivity index (χ1) is 14.1. The van der Waals surface area contributed by atoms with E-state index in [4.69, 9.17) is 4.98 Å². The van der Waals surface area contributed by atoms with E-state index < -0.39 is 0 Å². The van der Waals surface area contributed by atoms with E-state index >= 15 is 0 Å².